The molecule has 0 aromatic heterocycles. The first-order valence-corrected chi connectivity index (χ1v) is 4.19. The van der Waals surface area contributed by atoms with E-state index in [0.29, 0.717) is 6.42 Å². The summed E-state index contributed by atoms with van der Waals surface area (Å²) in [6.07, 6.45) is 0.442. The molecule has 76 valence electrons. The summed E-state index contributed by atoms with van der Waals surface area (Å²) in [5, 5.41) is 10.8. The van der Waals surface area contributed by atoms with Crippen molar-refractivity contribution in [1.82, 2.24) is 5.32 Å². The minimum absolute atomic E-state index is 0.0778. The summed E-state index contributed by atoms with van der Waals surface area (Å²) in [4.78, 5) is 21.4. The summed E-state index contributed by atoms with van der Waals surface area (Å²) < 4.78 is 0. The molecule has 0 saturated heterocycles. The van der Waals surface area contributed by atoms with E-state index >= 15 is 0 Å². The molecule has 0 bridgehead atoms. The third-order valence-corrected chi connectivity index (χ3v) is 1.88. The van der Waals surface area contributed by atoms with Gasteiger partial charge in [0.05, 0.1) is 12.0 Å². The third kappa shape index (κ3) is 4.47. The molecule has 5 nitrogen and oxygen atoms in total. The molecule has 0 aliphatic heterocycles. The number of nitrogens with one attached hydrogen (secondary N) is 1. The van der Waals surface area contributed by atoms with Crippen LogP contribution in [0, 0.1) is 0 Å². The van der Waals surface area contributed by atoms with E-state index in [9.17, 15) is 9.59 Å². The number of carbonyl (C=O) groups excluding carboxylic acids is 1. The molecule has 4 N–H and O–H groups in total. The van der Waals surface area contributed by atoms with E-state index in [2.05, 4.69) is 5.32 Å². The number of rotatable bonds is 5. The van der Waals surface area contributed by atoms with E-state index in [1.807, 2.05) is 0 Å². The van der Waals surface area contributed by atoms with Gasteiger partial charge in [0.15, 0.2) is 0 Å². The van der Waals surface area contributed by atoms with Gasteiger partial charge >= 0.3 is 5.97 Å². The Morgan fingerprint density at radius 3 is 2.46 bits per heavy atom. The Balaban J connectivity index is 3.81. The van der Waals surface area contributed by atoms with Crippen molar-refractivity contribution < 1.29 is 14.7 Å². The maximum Gasteiger partial charge on any atom is 0.305 e. The molecule has 1 atom stereocenters. The quantitative estimate of drug-likeness (QED) is 0.552. The molecule has 0 heterocycles. The van der Waals surface area contributed by atoms with Crippen molar-refractivity contribution in [3.05, 3.63) is 0 Å². The highest BCUT2D eigenvalue weighted by Crippen LogP contribution is 2.03. The zero-order valence-electron chi connectivity index (χ0n) is 7.96. The van der Waals surface area contributed by atoms with Crippen LogP contribution < -0.4 is 11.1 Å². The predicted molar refractivity (Wildman–Crippen MR) is 48.1 cm³/mol. The van der Waals surface area contributed by atoms with Crippen LogP contribution in [-0.2, 0) is 9.59 Å². The van der Waals surface area contributed by atoms with Crippen molar-refractivity contribution in [1.29, 1.82) is 0 Å². The van der Waals surface area contributed by atoms with E-state index in [0.717, 1.165) is 0 Å². The SMILES string of the molecule is CCC(C)(N)C(=O)NCCC(=O)O. The summed E-state index contributed by atoms with van der Waals surface area (Å²) in [6, 6.07) is 0. The van der Waals surface area contributed by atoms with Crippen LogP contribution in [0.2, 0.25) is 0 Å². The average molecular weight is 188 g/mol. The Morgan fingerprint density at radius 2 is 2.08 bits per heavy atom. The molecule has 0 aromatic rings. The highest BCUT2D eigenvalue weighted by Gasteiger charge is 2.25. The number of carbonyl (C=O) groups is 2. The molecule has 1 unspecified atom stereocenters. The second-order valence-electron chi connectivity index (χ2n) is 3.17. The van der Waals surface area contributed by atoms with Gasteiger partial charge in [0.25, 0.3) is 0 Å². The number of carboxylic acids is 1. The van der Waals surface area contributed by atoms with Gasteiger partial charge in [0.2, 0.25) is 5.91 Å². The van der Waals surface area contributed by atoms with Crippen LogP contribution in [0.3, 0.4) is 0 Å². The van der Waals surface area contributed by atoms with E-state index in [4.69, 9.17) is 10.8 Å². The molecule has 0 aliphatic rings. The maximum absolute atomic E-state index is 11.2. The minimum Gasteiger partial charge on any atom is -0.481 e. The van der Waals surface area contributed by atoms with E-state index < -0.39 is 11.5 Å². The highest BCUT2D eigenvalue weighted by molar-refractivity contribution is 5.85. The Hall–Kier alpha value is -1.10. The number of hydrogen-bond donors (Lipinski definition) is 3. The zero-order chi connectivity index (χ0) is 10.5. The fraction of sp³-hybridized carbons (Fsp3) is 0.750. The Labute approximate surface area is 77.3 Å². The Kier molecular flexibility index (Phi) is 4.40. The first kappa shape index (κ1) is 11.9. The highest BCUT2D eigenvalue weighted by atomic mass is 16.4. The van der Waals surface area contributed by atoms with Gasteiger partial charge < -0.3 is 16.2 Å². The van der Waals surface area contributed by atoms with Crippen molar-refractivity contribution in [2.45, 2.75) is 32.2 Å². The molecule has 13 heavy (non-hydrogen) atoms. The van der Waals surface area contributed by atoms with Gasteiger partial charge in [-0.25, -0.2) is 0 Å². The van der Waals surface area contributed by atoms with Crippen LogP contribution in [0.1, 0.15) is 26.7 Å². The van der Waals surface area contributed by atoms with Crippen molar-refractivity contribution in [3.8, 4) is 0 Å². The minimum atomic E-state index is -0.935. The van der Waals surface area contributed by atoms with Crippen molar-refractivity contribution in [2.24, 2.45) is 5.73 Å². The molecular formula is C8H16N2O3. The lowest BCUT2D eigenvalue weighted by atomic mass is 10.00. The molecule has 0 saturated carbocycles. The van der Waals surface area contributed by atoms with Crippen LogP contribution in [0.4, 0.5) is 0 Å². The first-order valence-electron chi connectivity index (χ1n) is 4.19. The fourth-order valence-corrected chi connectivity index (χ4v) is 0.645. The van der Waals surface area contributed by atoms with Crippen LogP contribution in [0.5, 0.6) is 0 Å². The molecule has 0 aliphatic carbocycles. The molecular weight excluding hydrogens is 172 g/mol. The predicted octanol–water partition coefficient (Wildman–Crippen LogP) is -0.295. The van der Waals surface area contributed by atoms with Crippen molar-refractivity contribution >= 4 is 11.9 Å². The summed E-state index contributed by atoms with van der Waals surface area (Å²) in [5.41, 5.74) is 4.71. The van der Waals surface area contributed by atoms with Crippen LogP contribution in [0.15, 0.2) is 0 Å². The fourth-order valence-electron chi connectivity index (χ4n) is 0.645. The standard InChI is InChI=1S/C8H16N2O3/c1-3-8(2,9)7(13)10-5-4-6(11)12/h3-5,9H2,1-2H3,(H,10,13)(H,11,12). The van der Waals surface area contributed by atoms with Crippen LogP contribution in [-0.4, -0.2) is 29.1 Å². The van der Waals surface area contributed by atoms with Crippen molar-refractivity contribution in [3.63, 3.8) is 0 Å². The largest absolute Gasteiger partial charge is 0.481 e. The monoisotopic (exact) mass is 188 g/mol. The smallest absolute Gasteiger partial charge is 0.305 e. The van der Waals surface area contributed by atoms with Crippen LogP contribution in [0.25, 0.3) is 0 Å². The molecule has 1 amide bonds. The molecule has 5 heteroatoms. The first-order chi connectivity index (χ1) is 5.90. The van der Waals surface area contributed by atoms with Gasteiger partial charge in [-0.05, 0) is 13.3 Å². The van der Waals surface area contributed by atoms with Gasteiger partial charge in [0, 0.05) is 6.54 Å². The lowest BCUT2D eigenvalue weighted by molar-refractivity contribution is -0.137. The summed E-state index contributed by atoms with van der Waals surface area (Å²) in [5.74, 6) is -1.24. The zero-order valence-corrected chi connectivity index (χ0v) is 7.96. The maximum atomic E-state index is 11.2. The molecule has 0 spiro atoms. The van der Waals surface area contributed by atoms with E-state index in [-0.39, 0.29) is 18.9 Å². The third-order valence-electron chi connectivity index (χ3n) is 1.88. The summed E-state index contributed by atoms with van der Waals surface area (Å²) in [7, 11) is 0. The van der Waals surface area contributed by atoms with Gasteiger partial charge in [-0.2, -0.15) is 0 Å². The van der Waals surface area contributed by atoms with Crippen molar-refractivity contribution in [2.75, 3.05) is 6.54 Å². The van der Waals surface area contributed by atoms with Crippen LogP contribution >= 0.6 is 0 Å². The van der Waals surface area contributed by atoms with E-state index in [1.54, 1.807) is 13.8 Å². The molecule has 0 fully saturated rings. The number of nitrogens with two attached hydrogens (primary N) is 1. The molecule has 0 radical (unpaired) electrons. The van der Waals surface area contributed by atoms with Gasteiger partial charge in [-0.3, -0.25) is 9.59 Å². The number of aliphatic carboxylic acids is 1. The van der Waals surface area contributed by atoms with Gasteiger partial charge in [-0.1, -0.05) is 6.92 Å². The van der Waals surface area contributed by atoms with Gasteiger partial charge in [-0.15, -0.1) is 0 Å². The Morgan fingerprint density at radius 1 is 1.54 bits per heavy atom. The molecule has 0 aromatic carbocycles. The summed E-state index contributed by atoms with van der Waals surface area (Å²) in [6.45, 7) is 3.54. The number of hydrogen-bond acceptors (Lipinski definition) is 3. The lowest BCUT2D eigenvalue weighted by Crippen LogP contribution is -2.51. The summed E-state index contributed by atoms with van der Waals surface area (Å²) >= 11 is 0. The topological polar surface area (TPSA) is 92.4 Å². The lowest BCUT2D eigenvalue weighted by Gasteiger charge is -2.21. The molecule has 0 rings (SSSR count). The van der Waals surface area contributed by atoms with E-state index in [1.165, 1.54) is 0 Å². The van der Waals surface area contributed by atoms with Gasteiger partial charge in [0.1, 0.15) is 0 Å². The Bertz CT molecular complexity index is 202. The second kappa shape index (κ2) is 4.81. The second-order valence-corrected chi connectivity index (χ2v) is 3.17. The normalized spacial score (nSPS) is 14.7. The average Bonchev–Trinajstić information content (AvgIpc) is 2.03. The number of carboxylic acid groups (broad SMARTS) is 1. The number of amides is 1.